The lowest BCUT2D eigenvalue weighted by atomic mass is 9.84. The molecule has 0 saturated carbocycles. The number of hydrogen-bond donors (Lipinski definition) is 2. The van der Waals surface area contributed by atoms with Crippen molar-refractivity contribution >= 4 is 6.21 Å². The van der Waals surface area contributed by atoms with Crippen LogP contribution in [-0.2, 0) is 0 Å². The van der Waals surface area contributed by atoms with Crippen LogP contribution < -0.4 is 10.6 Å². The number of hydrogen-bond acceptors (Lipinski definition) is 4. The van der Waals surface area contributed by atoms with Crippen LogP contribution in [-0.4, -0.2) is 42.6 Å². The van der Waals surface area contributed by atoms with Crippen LogP contribution in [0.1, 0.15) is 67.2 Å². The smallest absolute Gasteiger partial charge is 0.105 e. The first kappa shape index (κ1) is 22.9. The molecule has 0 radical (unpaired) electrons. The molecular weight excluding hydrogens is 344 g/mol. The Bertz CT molecular complexity index is 604. The van der Waals surface area contributed by atoms with Gasteiger partial charge in [0.15, 0.2) is 0 Å². The molecule has 2 N–H and O–H groups in total. The molecule has 28 heavy (non-hydrogen) atoms. The van der Waals surface area contributed by atoms with Crippen molar-refractivity contribution in [2.24, 2.45) is 16.9 Å². The zero-order chi connectivity index (χ0) is 20.7. The van der Waals surface area contributed by atoms with Crippen molar-refractivity contribution in [2.45, 2.75) is 85.5 Å². The van der Waals surface area contributed by atoms with Gasteiger partial charge in [-0.1, -0.05) is 39.3 Å². The quantitative estimate of drug-likeness (QED) is 0.526. The zero-order valence-electron chi connectivity index (χ0n) is 19.0. The van der Waals surface area contributed by atoms with Gasteiger partial charge in [0.25, 0.3) is 0 Å². The molecule has 0 spiro atoms. The van der Waals surface area contributed by atoms with Gasteiger partial charge in [0.05, 0.1) is 6.54 Å². The predicted molar refractivity (Wildman–Crippen MR) is 122 cm³/mol. The Morgan fingerprint density at radius 2 is 2.18 bits per heavy atom. The molecule has 2 aliphatic rings. The van der Waals surface area contributed by atoms with Gasteiger partial charge < -0.3 is 5.32 Å². The molecule has 0 aromatic carbocycles. The van der Waals surface area contributed by atoms with Crippen LogP contribution in [0.3, 0.4) is 0 Å². The normalized spacial score (nSPS) is 26.1. The maximum atomic E-state index is 4.81. The molecular formula is C24H42N4. The molecule has 4 heteroatoms. The molecule has 0 bridgehead atoms. The second kappa shape index (κ2) is 11.0. The molecule has 158 valence electrons. The monoisotopic (exact) mass is 386 g/mol. The van der Waals surface area contributed by atoms with E-state index in [-0.39, 0.29) is 6.17 Å². The number of rotatable bonds is 10. The third kappa shape index (κ3) is 5.36. The first-order valence-corrected chi connectivity index (χ1v) is 11.2. The van der Waals surface area contributed by atoms with Gasteiger partial charge in [0.1, 0.15) is 6.17 Å². The Kier molecular flexibility index (Phi) is 8.97. The van der Waals surface area contributed by atoms with Crippen LogP contribution in [0.5, 0.6) is 0 Å². The summed E-state index contributed by atoms with van der Waals surface area (Å²) in [5.41, 5.74) is 4.23. The maximum Gasteiger partial charge on any atom is 0.105 e. The van der Waals surface area contributed by atoms with E-state index in [9.17, 15) is 0 Å². The molecule has 0 amide bonds. The summed E-state index contributed by atoms with van der Waals surface area (Å²) in [6.07, 6.45) is 11.2. The Morgan fingerprint density at radius 3 is 2.79 bits per heavy atom. The van der Waals surface area contributed by atoms with E-state index >= 15 is 0 Å². The molecule has 5 atom stereocenters. The van der Waals surface area contributed by atoms with E-state index in [0.717, 1.165) is 25.9 Å². The minimum atomic E-state index is 0.279. The second-order valence-electron chi connectivity index (χ2n) is 8.56. The first-order chi connectivity index (χ1) is 13.5. The number of nitrogens with zero attached hydrogens (tertiary/aromatic N) is 2. The second-order valence-corrected chi connectivity index (χ2v) is 8.56. The van der Waals surface area contributed by atoms with Gasteiger partial charge in [0.2, 0.25) is 0 Å². The number of fused-ring (bicyclic) bond motifs is 1. The molecule has 0 aliphatic carbocycles. The summed E-state index contributed by atoms with van der Waals surface area (Å²) in [6, 6.07) is 1.09. The summed E-state index contributed by atoms with van der Waals surface area (Å²) < 4.78 is 0. The summed E-state index contributed by atoms with van der Waals surface area (Å²) in [4.78, 5) is 0. The minimum absolute atomic E-state index is 0.279. The van der Waals surface area contributed by atoms with Gasteiger partial charge in [-0.05, 0) is 62.7 Å². The SMILES string of the molecule is C=CC/C(=C\C)C1=C(C)CN2N=CC(C(C)[C@@H](CC)NC(C)CCC)C2NC1. The van der Waals surface area contributed by atoms with Gasteiger partial charge >= 0.3 is 0 Å². The topological polar surface area (TPSA) is 39.7 Å². The molecule has 0 saturated heterocycles. The fraction of sp³-hybridized carbons (Fsp3) is 0.708. The standard InChI is InChI=1S/C24H42N4/c1-8-12-18(6)27-23(11-4)19(7)22-15-26-28-16-17(5)21(14-25-24(22)28)20(10-3)13-9-2/h9-10,15,18-19,22-25,27H,2,8,11-14,16H2,1,3-7H3/b20-10+/t18?,19?,22?,23-,24?/m1/s1. The van der Waals surface area contributed by atoms with Crippen LogP contribution in [0, 0.1) is 11.8 Å². The van der Waals surface area contributed by atoms with E-state index < -0.39 is 0 Å². The highest BCUT2D eigenvalue weighted by Gasteiger charge is 2.38. The Labute approximate surface area is 173 Å². The van der Waals surface area contributed by atoms with Gasteiger partial charge in [-0.25, -0.2) is 0 Å². The molecule has 0 aromatic rings. The number of hydrazone groups is 1. The van der Waals surface area contributed by atoms with Crippen molar-refractivity contribution in [1.82, 2.24) is 15.6 Å². The van der Waals surface area contributed by atoms with Crippen molar-refractivity contribution in [1.29, 1.82) is 0 Å². The van der Waals surface area contributed by atoms with Gasteiger partial charge in [-0.2, -0.15) is 5.10 Å². The van der Waals surface area contributed by atoms with Gasteiger partial charge in [-0.3, -0.25) is 10.3 Å². The van der Waals surface area contributed by atoms with Crippen LogP contribution in [0.25, 0.3) is 0 Å². The highest BCUT2D eigenvalue weighted by atomic mass is 15.5. The summed E-state index contributed by atoms with van der Waals surface area (Å²) >= 11 is 0. The van der Waals surface area contributed by atoms with Crippen molar-refractivity contribution in [3.05, 3.63) is 35.5 Å². The predicted octanol–water partition coefficient (Wildman–Crippen LogP) is 4.87. The van der Waals surface area contributed by atoms with E-state index in [1.165, 1.54) is 29.6 Å². The van der Waals surface area contributed by atoms with Crippen molar-refractivity contribution in [3.8, 4) is 0 Å². The van der Waals surface area contributed by atoms with E-state index in [1.54, 1.807) is 0 Å². The summed E-state index contributed by atoms with van der Waals surface area (Å²) in [6.45, 7) is 19.4. The first-order valence-electron chi connectivity index (χ1n) is 11.2. The Hall–Kier alpha value is -1.39. The highest BCUT2D eigenvalue weighted by molar-refractivity contribution is 5.64. The zero-order valence-corrected chi connectivity index (χ0v) is 19.0. The lowest BCUT2D eigenvalue weighted by Gasteiger charge is -2.35. The van der Waals surface area contributed by atoms with Gasteiger partial charge in [-0.15, -0.1) is 6.58 Å². The number of nitrogens with one attached hydrogen (secondary N) is 2. The van der Waals surface area contributed by atoms with Crippen LogP contribution in [0.2, 0.25) is 0 Å². The Morgan fingerprint density at radius 1 is 1.43 bits per heavy atom. The van der Waals surface area contributed by atoms with Crippen molar-refractivity contribution in [3.63, 3.8) is 0 Å². The highest BCUT2D eigenvalue weighted by Crippen LogP contribution is 2.31. The average molecular weight is 387 g/mol. The number of allylic oxidation sites excluding steroid dienone is 2. The molecule has 4 unspecified atom stereocenters. The third-order valence-electron chi connectivity index (χ3n) is 6.48. The summed E-state index contributed by atoms with van der Waals surface area (Å²) in [5.74, 6) is 0.957. The lowest BCUT2D eigenvalue weighted by Crippen LogP contribution is -2.51. The average Bonchev–Trinajstić information content (AvgIpc) is 2.99. The summed E-state index contributed by atoms with van der Waals surface area (Å²) in [5, 5.41) is 14.8. The third-order valence-corrected chi connectivity index (χ3v) is 6.48. The molecule has 4 nitrogen and oxygen atoms in total. The summed E-state index contributed by atoms with van der Waals surface area (Å²) in [7, 11) is 0. The van der Waals surface area contributed by atoms with Crippen LogP contribution in [0.4, 0.5) is 0 Å². The Balaban J connectivity index is 2.10. The van der Waals surface area contributed by atoms with E-state index in [2.05, 4.69) is 76.1 Å². The molecule has 2 aliphatic heterocycles. The largest absolute Gasteiger partial charge is 0.311 e. The van der Waals surface area contributed by atoms with Crippen LogP contribution in [0.15, 0.2) is 40.6 Å². The molecule has 0 fully saturated rings. The van der Waals surface area contributed by atoms with E-state index in [1.807, 2.05) is 6.08 Å². The molecule has 2 heterocycles. The molecule has 2 rings (SSSR count). The van der Waals surface area contributed by atoms with Crippen molar-refractivity contribution in [2.75, 3.05) is 13.1 Å². The van der Waals surface area contributed by atoms with E-state index in [4.69, 9.17) is 5.10 Å². The van der Waals surface area contributed by atoms with Crippen LogP contribution >= 0.6 is 0 Å². The fourth-order valence-electron chi connectivity index (χ4n) is 4.76. The van der Waals surface area contributed by atoms with Crippen molar-refractivity contribution < 1.29 is 0 Å². The molecule has 0 aromatic heterocycles. The van der Waals surface area contributed by atoms with Gasteiger partial charge in [0, 0.05) is 30.8 Å². The lowest BCUT2D eigenvalue weighted by molar-refractivity contribution is 0.147. The minimum Gasteiger partial charge on any atom is -0.311 e. The fourth-order valence-corrected chi connectivity index (χ4v) is 4.76. The van der Waals surface area contributed by atoms with E-state index in [0.29, 0.717) is 23.9 Å². The maximum absolute atomic E-state index is 4.81.